The number of amides is 1. The van der Waals surface area contributed by atoms with E-state index in [0.717, 1.165) is 0 Å². The lowest BCUT2D eigenvalue weighted by Crippen LogP contribution is -2.43. The van der Waals surface area contributed by atoms with E-state index in [-0.39, 0.29) is 25.3 Å². The molecule has 0 aliphatic carbocycles. The fourth-order valence-electron chi connectivity index (χ4n) is 1.60. The second-order valence-corrected chi connectivity index (χ2v) is 4.94. The molecule has 0 aliphatic heterocycles. The SMILES string of the molecule is Cc1[nH]c(=O)[nH]c(=O)c1CCC(=O)NCC(C)(O)CO. The largest absolute Gasteiger partial charge is 0.393 e. The molecule has 1 aromatic rings. The highest BCUT2D eigenvalue weighted by atomic mass is 16.3. The quantitative estimate of drug-likeness (QED) is 0.418. The maximum atomic E-state index is 11.6. The number of carbonyl (C=O) groups excluding carboxylic acids is 1. The number of hydrogen-bond acceptors (Lipinski definition) is 5. The summed E-state index contributed by atoms with van der Waals surface area (Å²) in [6.45, 7) is 2.43. The molecule has 1 atom stereocenters. The smallest absolute Gasteiger partial charge is 0.325 e. The average molecular weight is 285 g/mol. The first-order chi connectivity index (χ1) is 9.25. The second-order valence-electron chi connectivity index (χ2n) is 4.94. The first-order valence-electron chi connectivity index (χ1n) is 6.17. The van der Waals surface area contributed by atoms with Crippen LogP contribution in [-0.4, -0.2) is 44.8 Å². The maximum absolute atomic E-state index is 11.6. The molecular formula is C12H19N3O5. The van der Waals surface area contributed by atoms with Crippen molar-refractivity contribution in [1.82, 2.24) is 15.3 Å². The van der Waals surface area contributed by atoms with Crippen LogP contribution in [0.4, 0.5) is 0 Å². The van der Waals surface area contributed by atoms with Crippen molar-refractivity contribution in [3.63, 3.8) is 0 Å². The number of aliphatic hydroxyl groups is 2. The van der Waals surface area contributed by atoms with Crippen LogP contribution in [0.15, 0.2) is 9.59 Å². The molecule has 8 nitrogen and oxygen atoms in total. The summed E-state index contributed by atoms with van der Waals surface area (Å²) in [6, 6.07) is 0. The molecule has 0 saturated carbocycles. The molecule has 1 heterocycles. The van der Waals surface area contributed by atoms with Gasteiger partial charge in [-0.15, -0.1) is 0 Å². The third kappa shape index (κ3) is 4.63. The second kappa shape index (κ2) is 6.49. The molecule has 1 rings (SSSR count). The van der Waals surface area contributed by atoms with Crippen molar-refractivity contribution in [3.05, 3.63) is 32.1 Å². The molecule has 112 valence electrons. The first kappa shape index (κ1) is 16.1. The van der Waals surface area contributed by atoms with Crippen LogP contribution in [0.25, 0.3) is 0 Å². The molecule has 20 heavy (non-hydrogen) atoms. The van der Waals surface area contributed by atoms with E-state index >= 15 is 0 Å². The summed E-state index contributed by atoms with van der Waals surface area (Å²) >= 11 is 0. The van der Waals surface area contributed by atoms with Gasteiger partial charge in [-0.25, -0.2) is 4.79 Å². The lowest BCUT2D eigenvalue weighted by molar-refractivity contribution is -0.122. The van der Waals surface area contributed by atoms with Gasteiger partial charge >= 0.3 is 5.69 Å². The Morgan fingerprint density at radius 3 is 2.55 bits per heavy atom. The Balaban J connectivity index is 2.58. The number of aliphatic hydroxyl groups excluding tert-OH is 1. The van der Waals surface area contributed by atoms with Gasteiger partial charge in [0.25, 0.3) is 5.56 Å². The van der Waals surface area contributed by atoms with E-state index in [1.807, 2.05) is 0 Å². The number of rotatable bonds is 6. The Labute approximate surface area is 114 Å². The lowest BCUT2D eigenvalue weighted by atomic mass is 10.1. The van der Waals surface area contributed by atoms with Gasteiger partial charge in [0.2, 0.25) is 5.91 Å². The summed E-state index contributed by atoms with van der Waals surface area (Å²) in [5.41, 5.74) is -1.70. The summed E-state index contributed by atoms with van der Waals surface area (Å²) in [5.74, 6) is -0.358. The van der Waals surface area contributed by atoms with E-state index in [4.69, 9.17) is 5.11 Å². The van der Waals surface area contributed by atoms with Crippen LogP contribution < -0.4 is 16.6 Å². The lowest BCUT2D eigenvalue weighted by Gasteiger charge is -2.20. The zero-order valence-corrected chi connectivity index (χ0v) is 11.4. The van der Waals surface area contributed by atoms with Gasteiger partial charge in [-0.05, 0) is 20.3 Å². The van der Waals surface area contributed by atoms with Gasteiger partial charge in [-0.2, -0.15) is 0 Å². The molecule has 0 bridgehead atoms. The highest BCUT2D eigenvalue weighted by Crippen LogP contribution is 2.01. The van der Waals surface area contributed by atoms with Crippen molar-refractivity contribution in [2.45, 2.75) is 32.3 Å². The van der Waals surface area contributed by atoms with E-state index in [9.17, 15) is 19.5 Å². The average Bonchev–Trinajstić information content (AvgIpc) is 2.35. The van der Waals surface area contributed by atoms with E-state index < -0.39 is 23.5 Å². The molecule has 0 aromatic carbocycles. The fourth-order valence-corrected chi connectivity index (χ4v) is 1.60. The molecular weight excluding hydrogens is 266 g/mol. The minimum Gasteiger partial charge on any atom is -0.393 e. The summed E-state index contributed by atoms with van der Waals surface area (Å²) in [6.07, 6.45) is 0.211. The molecule has 8 heteroatoms. The van der Waals surface area contributed by atoms with Crippen LogP contribution in [0, 0.1) is 6.92 Å². The number of aryl methyl sites for hydroxylation is 1. The van der Waals surface area contributed by atoms with E-state index in [1.165, 1.54) is 6.92 Å². The normalized spacial score (nSPS) is 13.8. The van der Waals surface area contributed by atoms with Crippen LogP contribution in [0.1, 0.15) is 24.6 Å². The summed E-state index contributed by atoms with van der Waals surface area (Å²) < 4.78 is 0. The molecule has 0 aliphatic rings. The zero-order valence-electron chi connectivity index (χ0n) is 11.4. The Bertz CT molecular complexity index is 587. The molecule has 1 amide bonds. The van der Waals surface area contributed by atoms with E-state index in [1.54, 1.807) is 6.92 Å². The van der Waals surface area contributed by atoms with Gasteiger partial charge in [0, 0.05) is 24.2 Å². The van der Waals surface area contributed by atoms with Crippen molar-refractivity contribution in [1.29, 1.82) is 0 Å². The summed E-state index contributed by atoms with van der Waals surface area (Å²) in [4.78, 5) is 38.7. The Kier molecular flexibility index (Phi) is 5.23. The molecule has 0 fully saturated rings. The van der Waals surface area contributed by atoms with Crippen LogP contribution >= 0.6 is 0 Å². The number of H-pyrrole nitrogens is 2. The molecule has 5 N–H and O–H groups in total. The third-order valence-electron chi connectivity index (χ3n) is 2.86. The molecule has 0 saturated heterocycles. The number of aromatic amines is 2. The van der Waals surface area contributed by atoms with Crippen LogP contribution in [-0.2, 0) is 11.2 Å². The van der Waals surface area contributed by atoms with Gasteiger partial charge in [0.1, 0.15) is 5.60 Å². The topological polar surface area (TPSA) is 135 Å². The van der Waals surface area contributed by atoms with Gasteiger partial charge in [0.15, 0.2) is 0 Å². The maximum Gasteiger partial charge on any atom is 0.325 e. The van der Waals surface area contributed by atoms with E-state index in [0.29, 0.717) is 11.3 Å². The number of hydrogen-bond donors (Lipinski definition) is 5. The number of nitrogens with one attached hydrogen (secondary N) is 3. The van der Waals surface area contributed by atoms with Gasteiger partial charge < -0.3 is 20.5 Å². The highest BCUT2D eigenvalue weighted by Gasteiger charge is 2.19. The first-order valence-corrected chi connectivity index (χ1v) is 6.17. The predicted molar refractivity (Wildman–Crippen MR) is 71.5 cm³/mol. The van der Waals surface area contributed by atoms with Crippen LogP contribution in [0.3, 0.4) is 0 Å². The number of aromatic nitrogens is 2. The molecule has 0 spiro atoms. The zero-order chi connectivity index (χ0) is 15.3. The summed E-state index contributed by atoms with van der Waals surface area (Å²) in [7, 11) is 0. The summed E-state index contributed by atoms with van der Waals surface area (Å²) in [5, 5.41) is 20.8. The molecule has 1 aromatic heterocycles. The van der Waals surface area contributed by atoms with Gasteiger partial charge in [0.05, 0.1) is 6.61 Å². The Hall–Kier alpha value is -1.93. The Morgan fingerprint density at radius 1 is 1.35 bits per heavy atom. The Morgan fingerprint density at radius 2 is 2.00 bits per heavy atom. The van der Waals surface area contributed by atoms with Crippen molar-refractivity contribution in [2.75, 3.05) is 13.2 Å². The van der Waals surface area contributed by atoms with Crippen molar-refractivity contribution in [2.24, 2.45) is 0 Å². The van der Waals surface area contributed by atoms with Crippen molar-refractivity contribution >= 4 is 5.91 Å². The minimum absolute atomic E-state index is 0.0392. The number of carbonyl (C=O) groups is 1. The minimum atomic E-state index is -1.37. The fraction of sp³-hybridized carbons (Fsp3) is 0.583. The molecule has 0 radical (unpaired) electrons. The van der Waals surface area contributed by atoms with Crippen molar-refractivity contribution < 1.29 is 15.0 Å². The van der Waals surface area contributed by atoms with Crippen LogP contribution in [0.2, 0.25) is 0 Å². The molecule has 1 unspecified atom stereocenters. The third-order valence-corrected chi connectivity index (χ3v) is 2.86. The predicted octanol–water partition coefficient (Wildman–Crippen LogP) is -1.84. The van der Waals surface area contributed by atoms with Crippen molar-refractivity contribution in [3.8, 4) is 0 Å². The van der Waals surface area contributed by atoms with Gasteiger partial charge in [-0.1, -0.05) is 0 Å². The van der Waals surface area contributed by atoms with Gasteiger partial charge in [-0.3, -0.25) is 14.6 Å². The standard InChI is InChI=1S/C12H19N3O5/c1-7-8(10(18)15-11(19)14-7)3-4-9(17)13-5-12(2,20)6-16/h16,20H,3-6H2,1-2H3,(H,13,17)(H2,14,15,18,19). The van der Waals surface area contributed by atoms with Crippen LogP contribution in [0.5, 0.6) is 0 Å². The monoisotopic (exact) mass is 285 g/mol. The van der Waals surface area contributed by atoms with E-state index in [2.05, 4.69) is 15.3 Å². The highest BCUT2D eigenvalue weighted by molar-refractivity contribution is 5.76.